The van der Waals surface area contributed by atoms with Crippen molar-refractivity contribution in [2.45, 2.75) is 12.8 Å². The number of amides is 1. The number of aliphatic carboxylic acids is 1. The Kier molecular flexibility index (Phi) is 6.85. The number of thiocarbonyl (C=S) groups is 1. The zero-order valence-corrected chi connectivity index (χ0v) is 19.3. The molecular weight excluding hydrogens is 476 g/mol. The summed E-state index contributed by atoms with van der Waals surface area (Å²) in [6, 6.07) is 15.5. The van der Waals surface area contributed by atoms with Gasteiger partial charge in [-0.3, -0.25) is 24.6 Å². The maximum Gasteiger partial charge on any atom is 0.303 e. The number of carboxylic acid groups (broad SMARTS) is 1. The van der Waals surface area contributed by atoms with Gasteiger partial charge in [0.15, 0.2) is 0 Å². The second kappa shape index (κ2) is 9.98. The Morgan fingerprint density at radius 1 is 1.18 bits per heavy atom. The lowest BCUT2D eigenvalue weighted by Crippen LogP contribution is -2.29. The van der Waals surface area contributed by atoms with Crippen LogP contribution in [0.4, 0.5) is 5.69 Å². The molecular formula is C23H18N4O5S2. The Balaban J connectivity index is 1.70. The Morgan fingerprint density at radius 2 is 1.88 bits per heavy atom. The van der Waals surface area contributed by atoms with E-state index in [1.165, 1.54) is 17.0 Å². The summed E-state index contributed by atoms with van der Waals surface area (Å²) in [6.45, 7) is 0.229. The SMILES string of the molecule is O=C(O)CCCN1C(=O)/C(=C/c2cn(-c3ccccc3)nc2-c2ccc([N+](=O)[O-])cc2)SC1=S. The molecule has 1 aromatic heterocycles. The topological polar surface area (TPSA) is 119 Å². The fraction of sp³-hybridized carbons (Fsp3) is 0.130. The van der Waals surface area contributed by atoms with Crippen molar-refractivity contribution in [2.75, 3.05) is 6.54 Å². The number of nitrogens with zero attached hydrogens (tertiary/aromatic N) is 4. The van der Waals surface area contributed by atoms with Crippen molar-refractivity contribution in [3.05, 3.63) is 81.4 Å². The van der Waals surface area contributed by atoms with Crippen molar-refractivity contribution in [1.29, 1.82) is 0 Å². The normalized spacial score (nSPS) is 14.7. The van der Waals surface area contributed by atoms with E-state index < -0.39 is 10.9 Å². The molecule has 1 amide bonds. The van der Waals surface area contributed by atoms with Crippen molar-refractivity contribution in [2.24, 2.45) is 0 Å². The summed E-state index contributed by atoms with van der Waals surface area (Å²) < 4.78 is 2.05. The summed E-state index contributed by atoms with van der Waals surface area (Å²) in [6.07, 6.45) is 3.72. The molecule has 0 saturated carbocycles. The standard InChI is InChI=1S/C23H18N4O5S2/c28-20(29)7-4-12-25-22(30)19(34-23(25)33)13-16-14-26(17-5-2-1-3-6-17)24-21(16)15-8-10-18(11-9-15)27(31)32/h1-3,5-6,8-11,13-14H,4,7,12H2,(H,28,29)/b19-13-. The molecule has 172 valence electrons. The quantitative estimate of drug-likeness (QED) is 0.210. The van der Waals surface area contributed by atoms with E-state index in [2.05, 4.69) is 5.10 Å². The highest BCUT2D eigenvalue weighted by atomic mass is 32.2. The molecule has 9 nitrogen and oxygen atoms in total. The lowest BCUT2D eigenvalue weighted by molar-refractivity contribution is -0.384. The second-order valence-corrected chi connectivity index (χ2v) is 9.02. The number of rotatable bonds is 8. The zero-order chi connectivity index (χ0) is 24.2. The molecule has 11 heteroatoms. The number of hydrogen-bond acceptors (Lipinski definition) is 7. The molecule has 2 aromatic carbocycles. The van der Waals surface area contributed by atoms with E-state index >= 15 is 0 Å². The molecule has 34 heavy (non-hydrogen) atoms. The van der Waals surface area contributed by atoms with Crippen LogP contribution in [-0.2, 0) is 9.59 Å². The van der Waals surface area contributed by atoms with Crippen LogP contribution in [0.25, 0.3) is 23.0 Å². The minimum Gasteiger partial charge on any atom is -0.481 e. The van der Waals surface area contributed by atoms with Crippen LogP contribution in [0.5, 0.6) is 0 Å². The first-order valence-electron chi connectivity index (χ1n) is 10.2. The predicted octanol–water partition coefficient (Wildman–Crippen LogP) is 4.51. The number of carboxylic acids is 1. The van der Waals surface area contributed by atoms with Crippen LogP contribution < -0.4 is 0 Å². The van der Waals surface area contributed by atoms with Gasteiger partial charge in [0.1, 0.15) is 4.32 Å². The van der Waals surface area contributed by atoms with Crippen LogP contribution in [0.15, 0.2) is 65.7 Å². The number of thioether (sulfide) groups is 1. The van der Waals surface area contributed by atoms with Gasteiger partial charge in [-0.2, -0.15) is 5.10 Å². The van der Waals surface area contributed by atoms with Gasteiger partial charge in [0.25, 0.3) is 11.6 Å². The van der Waals surface area contributed by atoms with E-state index in [1.54, 1.807) is 29.1 Å². The van der Waals surface area contributed by atoms with E-state index in [9.17, 15) is 19.7 Å². The highest BCUT2D eigenvalue weighted by Crippen LogP contribution is 2.35. The molecule has 1 aliphatic heterocycles. The van der Waals surface area contributed by atoms with Crippen LogP contribution >= 0.6 is 24.0 Å². The third-order valence-corrected chi connectivity index (χ3v) is 6.43. The van der Waals surface area contributed by atoms with Crippen molar-refractivity contribution in [3.8, 4) is 16.9 Å². The van der Waals surface area contributed by atoms with Crippen molar-refractivity contribution >= 4 is 51.9 Å². The smallest absolute Gasteiger partial charge is 0.303 e. The molecule has 1 aliphatic rings. The number of carbonyl (C=O) groups excluding carboxylic acids is 1. The molecule has 0 unspecified atom stereocenters. The van der Waals surface area contributed by atoms with Gasteiger partial charge >= 0.3 is 5.97 Å². The summed E-state index contributed by atoms with van der Waals surface area (Å²) >= 11 is 6.48. The van der Waals surface area contributed by atoms with E-state index in [-0.39, 0.29) is 24.6 Å². The number of non-ortho nitro benzene ring substituents is 1. The largest absolute Gasteiger partial charge is 0.481 e. The van der Waals surface area contributed by atoms with Crippen LogP contribution in [-0.4, -0.2) is 47.5 Å². The molecule has 1 saturated heterocycles. The van der Waals surface area contributed by atoms with Gasteiger partial charge in [-0.1, -0.05) is 42.2 Å². The van der Waals surface area contributed by atoms with Gasteiger partial charge in [-0.15, -0.1) is 0 Å². The molecule has 0 bridgehead atoms. The third kappa shape index (κ3) is 5.05. The summed E-state index contributed by atoms with van der Waals surface area (Å²) in [5, 5.41) is 24.6. The van der Waals surface area contributed by atoms with Crippen LogP contribution in [0.3, 0.4) is 0 Å². The maximum absolute atomic E-state index is 12.9. The highest BCUT2D eigenvalue weighted by Gasteiger charge is 2.32. The minimum absolute atomic E-state index is 0.0324. The molecule has 2 heterocycles. The van der Waals surface area contributed by atoms with Crippen molar-refractivity contribution in [3.63, 3.8) is 0 Å². The Labute approximate surface area is 203 Å². The van der Waals surface area contributed by atoms with Crippen molar-refractivity contribution in [1.82, 2.24) is 14.7 Å². The summed E-state index contributed by atoms with van der Waals surface area (Å²) in [5.74, 6) is -1.22. The number of nitro groups is 1. The van der Waals surface area contributed by atoms with Gasteiger partial charge in [0.2, 0.25) is 0 Å². The number of para-hydroxylation sites is 1. The molecule has 4 rings (SSSR count). The summed E-state index contributed by atoms with van der Waals surface area (Å²) in [7, 11) is 0. The van der Waals surface area contributed by atoms with Gasteiger partial charge in [-0.05, 0) is 36.8 Å². The monoisotopic (exact) mass is 494 g/mol. The second-order valence-electron chi connectivity index (χ2n) is 7.35. The first kappa shape index (κ1) is 23.3. The molecule has 0 aliphatic carbocycles. The van der Waals surface area contributed by atoms with Crippen molar-refractivity contribution < 1.29 is 19.6 Å². The number of aromatic nitrogens is 2. The lowest BCUT2D eigenvalue weighted by atomic mass is 10.1. The minimum atomic E-state index is -0.929. The van der Waals surface area contributed by atoms with E-state index in [0.717, 1.165) is 17.4 Å². The van der Waals surface area contributed by atoms with E-state index in [4.69, 9.17) is 17.3 Å². The zero-order valence-electron chi connectivity index (χ0n) is 17.7. The maximum atomic E-state index is 12.9. The molecule has 3 aromatic rings. The Hall–Kier alpha value is -3.83. The van der Waals surface area contributed by atoms with Crippen LogP contribution in [0, 0.1) is 10.1 Å². The fourth-order valence-electron chi connectivity index (χ4n) is 3.39. The molecule has 0 spiro atoms. The van der Waals surface area contributed by atoms with Crippen LogP contribution in [0.1, 0.15) is 18.4 Å². The number of carbonyl (C=O) groups is 2. The molecule has 1 N–H and O–H groups in total. The Morgan fingerprint density at radius 3 is 2.53 bits per heavy atom. The first-order chi connectivity index (χ1) is 16.3. The third-order valence-electron chi connectivity index (χ3n) is 5.05. The molecule has 0 atom stereocenters. The number of hydrogen-bond donors (Lipinski definition) is 1. The molecule has 0 radical (unpaired) electrons. The first-order valence-corrected chi connectivity index (χ1v) is 11.4. The van der Waals surface area contributed by atoms with E-state index in [1.807, 2.05) is 30.3 Å². The summed E-state index contributed by atoms with van der Waals surface area (Å²) in [5.41, 5.74) is 2.63. The highest BCUT2D eigenvalue weighted by molar-refractivity contribution is 8.26. The number of benzene rings is 2. The number of nitro benzene ring substituents is 1. The molecule has 1 fully saturated rings. The average Bonchev–Trinajstić information content (AvgIpc) is 3.36. The van der Waals surface area contributed by atoms with Gasteiger partial charge < -0.3 is 5.11 Å². The van der Waals surface area contributed by atoms with E-state index in [0.29, 0.717) is 32.5 Å². The van der Waals surface area contributed by atoms with Gasteiger partial charge in [-0.25, -0.2) is 4.68 Å². The summed E-state index contributed by atoms with van der Waals surface area (Å²) in [4.78, 5) is 36.1. The predicted molar refractivity (Wildman–Crippen MR) is 132 cm³/mol. The Bertz CT molecular complexity index is 1300. The lowest BCUT2D eigenvalue weighted by Gasteiger charge is -2.13. The fourth-order valence-corrected chi connectivity index (χ4v) is 4.69. The average molecular weight is 495 g/mol. The van der Waals surface area contributed by atoms with Gasteiger partial charge in [0, 0.05) is 42.4 Å². The van der Waals surface area contributed by atoms with Crippen LogP contribution in [0.2, 0.25) is 0 Å². The van der Waals surface area contributed by atoms with Gasteiger partial charge in [0.05, 0.1) is 21.2 Å².